The number of hydrogen-bond donors (Lipinski definition) is 0. The summed E-state index contributed by atoms with van der Waals surface area (Å²) in [6, 6.07) is 47.3. The molecule has 0 aliphatic carbocycles. The summed E-state index contributed by atoms with van der Waals surface area (Å²) in [5.41, 5.74) is 8.17. The molecule has 6 aromatic carbocycles. The molecule has 0 atom stereocenters. The highest BCUT2D eigenvalue weighted by atomic mass is 35.5. The Morgan fingerprint density at radius 3 is 1.61 bits per heavy atom. The summed E-state index contributed by atoms with van der Waals surface area (Å²) in [6.45, 7) is 0. The Bertz CT molecular complexity index is 1840. The van der Waals surface area contributed by atoms with Crippen molar-refractivity contribution in [1.29, 1.82) is 0 Å². The maximum atomic E-state index is 6.48. The second-order valence-corrected chi connectivity index (χ2v) is 9.52. The molecular formula is C34H22ClN. The van der Waals surface area contributed by atoms with Gasteiger partial charge in [-0.2, -0.15) is 0 Å². The van der Waals surface area contributed by atoms with Crippen LogP contribution in [0.25, 0.3) is 60.5 Å². The van der Waals surface area contributed by atoms with Crippen LogP contribution in [0.4, 0.5) is 0 Å². The van der Waals surface area contributed by atoms with Gasteiger partial charge in [0.05, 0.1) is 16.7 Å². The van der Waals surface area contributed by atoms with Gasteiger partial charge in [0.15, 0.2) is 0 Å². The highest BCUT2D eigenvalue weighted by molar-refractivity contribution is 6.33. The summed E-state index contributed by atoms with van der Waals surface area (Å²) in [5.74, 6) is 0. The average molecular weight is 480 g/mol. The fourth-order valence-electron chi connectivity index (χ4n) is 5.42. The van der Waals surface area contributed by atoms with Gasteiger partial charge in [-0.3, -0.25) is 0 Å². The van der Waals surface area contributed by atoms with E-state index in [1.165, 1.54) is 49.4 Å². The summed E-state index contributed by atoms with van der Waals surface area (Å²) in [4.78, 5) is 0. The number of rotatable bonds is 3. The molecule has 36 heavy (non-hydrogen) atoms. The largest absolute Gasteiger partial charge is 0.308 e. The maximum absolute atomic E-state index is 6.48. The Kier molecular flexibility index (Phi) is 4.90. The fraction of sp³-hybridized carbons (Fsp3) is 0. The average Bonchev–Trinajstić information content (AvgIpc) is 3.27. The van der Waals surface area contributed by atoms with E-state index in [-0.39, 0.29) is 0 Å². The maximum Gasteiger partial charge on any atom is 0.0618 e. The molecule has 0 spiro atoms. The van der Waals surface area contributed by atoms with Crippen LogP contribution in [0.3, 0.4) is 0 Å². The molecule has 7 rings (SSSR count). The number of aromatic nitrogens is 1. The van der Waals surface area contributed by atoms with Gasteiger partial charge in [-0.25, -0.2) is 0 Å². The van der Waals surface area contributed by atoms with Crippen molar-refractivity contribution in [3.63, 3.8) is 0 Å². The highest BCUT2D eigenvalue weighted by Crippen LogP contribution is 2.40. The van der Waals surface area contributed by atoms with Gasteiger partial charge >= 0.3 is 0 Å². The molecule has 0 saturated heterocycles. The third kappa shape index (κ3) is 3.25. The smallest absolute Gasteiger partial charge is 0.0618 e. The molecule has 0 radical (unpaired) electrons. The van der Waals surface area contributed by atoms with Crippen molar-refractivity contribution >= 4 is 44.2 Å². The van der Waals surface area contributed by atoms with E-state index in [9.17, 15) is 0 Å². The Labute approximate surface area is 214 Å². The molecule has 1 nitrogen and oxygen atoms in total. The van der Waals surface area contributed by atoms with Gasteiger partial charge in [0.1, 0.15) is 0 Å². The van der Waals surface area contributed by atoms with E-state index >= 15 is 0 Å². The summed E-state index contributed by atoms with van der Waals surface area (Å²) in [7, 11) is 0. The Morgan fingerprint density at radius 2 is 0.944 bits per heavy atom. The Balaban J connectivity index is 1.53. The predicted molar refractivity (Wildman–Crippen MR) is 154 cm³/mol. The zero-order valence-electron chi connectivity index (χ0n) is 19.5. The highest BCUT2D eigenvalue weighted by Gasteiger charge is 2.18. The van der Waals surface area contributed by atoms with E-state index in [0.717, 1.165) is 16.1 Å². The topological polar surface area (TPSA) is 4.93 Å². The summed E-state index contributed by atoms with van der Waals surface area (Å²) < 4.78 is 2.43. The normalized spacial score (nSPS) is 11.5. The van der Waals surface area contributed by atoms with Crippen LogP contribution in [-0.4, -0.2) is 4.57 Å². The van der Waals surface area contributed by atoms with Crippen molar-refractivity contribution in [1.82, 2.24) is 4.57 Å². The van der Waals surface area contributed by atoms with Gasteiger partial charge < -0.3 is 4.57 Å². The van der Waals surface area contributed by atoms with Gasteiger partial charge in [-0.05, 0) is 34.7 Å². The van der Waals surface area contributed by atoms with E-state index in [0.29, 0.717) is 0 Å². The van der Waals surface area contributed by atoms with Gasteiger partial charge in [0, 0.05) is 32.3 Å². The molecule has 0 saturated carbocycles. The lowest BCUT2D eigenvalue weighted by molar-refractivity contribution is 1.20. The number of nitrogens with zero attached hydrogens (tertiary/aromatic N) is 1. The first-order chi connectivity index (χ1) is 17.8. The first kappa shape index (κ1) is 21.0. The first-order valence-corrected chi connectivity index (χ1v) is 12.5. The monoisotopic (exact) mass is 479 g/mol. The van der Waals surface area contributed by atoms with Crippen molar-refractivity contribution in [2.75, 3.05) is 0 Å². The van der Waals surface area contributed by atoms with E-state index in [4.69, 9.17) is 11.6 Å². The molecule has 7 aromatic rings. The molecule has 170 valence electrons. The number of hydrogen-bond acceptors (Lipinski definition) is 0. The summed E-state index contributed by atoms with van der Waals surface area (Å²) in [6.07, 6.45) is 0. The molecule has 0 aliphatic rings. The minimum atomic E-state index is 0.766. The Morgan fingerprint density at radius 1 is 0.417 bits per heavy atom. The predicted octanol–water partition coefficient (Wildman–Crippen LogP) is 9.92. The molecule has 0 N–H and O–H groups in total. The Hall–Kier alpha value is -4.33. The van der Waals surface area contributed by atoms with Crippen LogP contribution < -0.4 is 0 Å². The number of para-hydroxylation sites is 2. The quantitative estimate of drug-likeness (QED) is 0.237. The van der Waals surface area contributed by atoms with Crippen LogP contribution in [0.15, 0.2) is 133 Å². The zero-order chi connectivity index (χ0) is 24.1. The van der Waals surface area contributed by atoms with Crippen LogP contribution in [-0.2, 0) is 0 Å². The van der Waals surface area contributed by atoms with Gasteiger partial charge in [0.2, 0.25) is 0 Å². The summed E-state index contributed by atoms with van der Waals surface area (Å²) >= 11 is 6.48. The number of halogens is 1. The molecule has 0 unspecified atom stereocenters. The zero-order valence-corrected chi connectivity index (χ0v) is 20.3. The number of fused-ring (bicyclic) bond motifs is 4. The van der Waals surface area contributed by atoms with Gasteiger partial charge in [-0.15, -0.1) is 0 Å². The van der Waals surface area contributed by atoms with Crippen molar-refractivity contribution in [3.8, 4) is 27.9 Å². The molecule has 0 fully saturated rings. The minimum Gasteiger partial charge on any atom is -0.308 e. The van der Waals surface area contributed by atoms with E-state index in [1.54, 1.807) is 0 Å². The molecule has 1 aromatic heterocycles. The van der Waals surface area contributed by atoms with Crippen LogP contribution in [0, 0.1) is 0 Å². The van der Waals surface area contributed by atoms with E-state index < -0.39 is 0 Å². The van der Waals surface area contributed by atoms with E-state index in [1.807, 2.05) is 18.2 Å². The second kappa shape index (κ2) is 8.41. The van der Waals surface area contributed by atoms with Crippen LogP contribution in [0.1, 0.15) is 0 Å². The van der Waals surface area contributed by atoms with Gasteiger partial charge in [-0.1, -0.05) is 127 Å². The minimum absolute atomic E-state index is 0.766. The third-order valence-corrected chi connectivity index (χ3v) is 7.41. The van der Waals surface area contributed by atoms with Crippen LogP contribution in [0.2, 0.25) is 5.02 Å². The van der Waals surface area contributed by atoms with Crippen molar-refractivity contribution in [2.24, 2.45) is 0 Å². The first-order valence-electron chi connectivity index (χ1n) is 12.2. The lowest BCUT2D eigenvalue weighted by Gasteiger charge is -2.17. The van der Waals surface area contributed by atoms with Crippen LogP contribution in [0.5, 0.6) is 0 Å². The van der Waals surface area contributed by atoms with Crippen LogP contribution >= 0.6 is 11.6 Å². The molecule has 0 amide bonds. The standard InChI is InChI=1S/C34H22ClN/c35-31-14-6-3-10-26(31)24-17-19-25(20-18-24)28-22-21-23-9-1-2-11-27(23)34(28)36-32-15-7-4-12-29(32)30-13-5-8-16-33(30)36/h1-22H. The third-order valence-electron chi connectivity index (χ3n) is 7.09. The number of benzene rings is 6. The molecule has 1 heterocycles. The lowest BCUT2D eigenvalue weighted by Crippen LogP contribution is -1.99. The SMILES string of the molecule is Clc1ccccc1-c1ccc(-c2ccc3ccccc3c2-n2c3ccccc3c3ccccc32)cc1. The fourth-order valence-corrected chi connectivity index (χ4v) is 5.66. The van der Waals surface area contributed by atoms with Crippen molar-refractivity contribution in [3.05, 3.63) is 138 Å². The second-order valence-electron chi connectivity index (χ2n) is 9.11. The van der Waals surface area contributed by atoms with Crippen molar-refractivity contribution in [2.45, 2.75) is 0 Å². The molecular weight excluding hydrogens is 458 g/mol. The van der Waals surface area contributed by atoms with Gasteiger partial charge in [0.25, 0.3) is 0 Å². The molecule has 0 aliphatic heterocycles. The van der Waals surface area contributed by atoms with Crippen molar-refractivity contribution < 1.29 is 0 Å². The molecule has 2 heteroatoms. The lowest BCUT2D eigenvalue weighted by atomic mass is 9.96. The van der Waals surface area contributed by atoms with E-state index in [2.05, 4.69) is 120 Å². The molecule has 0 bridgehead atoms. The summed E-state index contributed by atoms with van der Waals surface area (Å²) in [5, 5.41) is 5.76.